The minimum atomic E-state index is 0.00980. The van der Waals surface area contributed by atoms with Crippen molar-refractivity contribution in [3.63, 3.8) is 0 Å². The fourth-order valence-corrected chi connectivity index (χ4v) is 2.80. The van der Waals surface area contributed by atoms with Crippen LogP contribution >= 0.6 is 0 Å². The minimum absolute atomic E-state index is 0.00980. The smallest absolute Gasteiger partial charge is 0.272 e. The number of hydrogen-bond acceptors (Lipinski definition) is 4. The van der Waals surface area contributed by atoms with Crippen LogP contribution in [0.15, 0.2) is 18.3 Å². The lowest BCUT2D eigenvalue weighted by atomic mass is 10.1. The highest BCUT2D eigenvalue weighted by molar-refractivity contribution is 5.93. The molecule has 1 aromatic heterocycles. The Kier molecular flexibility index (Phi) is 5.99. The third kappa shape index (κ3) is 4.17. The van der Waals surface area contributed by atoms with E-state index in [9.17, 15) is 4.79 Å². The molecule has 116 valence electrons. The number of carbonyl (C=O) groups is 1. The molecule has 0 aliphatic carbocycles. The molecule has 1 amide bonds. The molecule has 21 heavy (non-hydrogen) atoms. The first kappa shape index (κ1) is 15.8. The van der Waals surface area contributed by atoms with E-state index in [-0.39, 0.29) is 18.6 Å². The van der Waals surface area contributed by atoms with Gasteiger partial charge in [0, 0.05) is 37.6 Å². The molecule has 1 aliphatic heterocycles. The van der Waals surface area contributed by atoms with Gasteiger partial charge >= 0.3 is 0 Å². The summed E-state index contributed by atoms with van der Waals surface area (Å²) in [4.78, 5) is 18.8. The van der Waals surface area contributed by atoms with Crippen molar-refractivity contribution in [1.82, 2.24) is 9.88 Å². The molecule has 2 heterocycles. The van der Waals surface area contributed by atoms with Gasteiger partial charge in [0.15, 0.2) is 0 Å². The number of anilines is 1. The first-order chi connectivity index (χ1) is 10.3. The Morgan fingerprint density at radius 1 is 1.57 bits per heavy atom. The summed E-state index contributed by atoms with van der Waals surface area (Å²) >= 11 is 0. The first-order valence-electron chi connectivity index (χ1n) is 7.88. The van der Waals surface area contributed by atoms with Gasteiger partial charge in [-0.3, -0.25) is 9.78 Å². The van der Waals surface area contributed by atoms with Crippen LogP contribution < -0.4 is 5.32 Å². The lowest BCUT2D eigenvalue weighted by Gasteiger charge is -2.24. The molecule has 1 aliphatic rings. The largest absolute Gasteiger partial charge is 0.396 e. The van der Waals surface area contributed by atoms with Gasteiger partial charge in [-0.05, 0) is 44.2 Å². The summed E-state index contributed by atoms with van der Waals surface area (Å²) in [5.74, 6) is 0.00980. The Bertz CT molecular complexity index is 465. The van der Waals surface area contributed by atoms with Gasteiger partial charge in [-0.15, -0.1) is 0 Å². The number of hydrogen-bond donors (Lipinski definition) is 2. The maximum atomic E-state index is 12.6. The molecule has 2 N–H and O–H groups in total. The fraction of sp³-hybridized carbons (Fsp3) is 0.625. The van der Waals surface area contributed by atoms with Gasteiger partial charge in [0.25, 0.3) is 5.91 Å². The number of rotatable bonds is 7. The third-order valence-electron chi connectivity index (χ3n) is 3.89. The summed E-state index contributed by atoms with van der Waals surface area (Å²) in [6.07, 6.45) is 6.41. The second kappa shape index (κ2) is 7.98. The van der Waals surface area contributed by atoms with E-state index in [1.54, 1.807) is 6.20 Å². The van der Waals surface area contributed by atoms with Crippen LogP contribution in [0.2, 0.25) is 0 Å². The van der Waals surface area contributed by atoms with Crippen molar-refractivity contribution in [3.05, 3.63) is 24.0 Å². The Morgan fingerprint density at radius 2 is 2.43 bits per heavy atom. The number of aromatic nitrogens is 1. The minimum Gasteiger partial charge on any atom is -0.396 e. The highest BCUT2D eigenvalue weighted by atomic mass is 16.3. The Labute approximate surface area is 126 Å². The van der Waals surface area contributed by atoms with Crippen LogP contribution in [0.5, 0.6) is 0 Å². The second-order valence-electron chi connectivity index (χ2n) is 5.52. The number of aliphatic hydroxyl groups is 1. The molecule has 1 atom stereocenters. The van der Waals surface area contributed by atoms with Crippen LogP contribution in [0, 0.1) is 0 Å². The van der Waals surface area contributed by atoms with E-state index in [1.165, 1.54) is 0 Å². The summed E-state index contributed by atoms with van der Waals surface area (Å²) < 4.78 is 0. The summed E-state index contributed by atoms with van der Waals surface area (Å²) in [6, 6.07) is 3.97. The Morgan fingerprint density at radius 3 is 3.19 bits per heavy atom. The molecule has 5 nitrogen and oxygen atoms in total. The number of carbonyl (C=O) groups excluding carboxylic acids is 1. The summed E-state index contributed by atoms with van der Waals surface area (Å²) in [7, 11) is 0. The Hall–Kier alpha value is -1.62. The standard InChI is InChI=1S/C16H25N3O2/c1-2-8-17-13-7-9-18-15(12-13)16(21)19-10-3-5-14(19)6-4-11-20/h7,9,12,14,20H,2-6,8,10-11H2,1H3,(H,17,18). The molecule has 1 unspecified atom stereocenters. The number of amides is 1. The highest BCUT2D eigenvalue weighted by Crippen LogP contribution is 2.23. The van der Waals surface area contributed by atoms with E-state index in [4.69, 9.17) is 5.11 Å². The molecule has 5 heteroatoms. The van der Waals surface area contributed by atoms with Crippen molar-refractivity contribution in [1.29, 1.82) is 0 Å². The predicted molar refractivity (Wildman–Crippen MR) is 83.4 cm³/mol. The normalized spacial score (nSPS) is 18.0. The fourth-order valence-electron chi connectivity index (χ4n) is 2.80. The predicted octanol–water partition coefficient (Wildman–Crippen LogP) is 2.28. The zero-order chi connectivity index (χ0) is 15.1. The van der Waals surface area contributed by atoms with Crippen LogP contribution in [0.3, 0.4) is 0 Å². The van der Waals surface area contributed by atoms with Crippen molar-refractivity contribution < 1.29 is 9.90 Å². The molecular formula is C16H25N3O2. The maximum Gasteiger partial charge on any atom is 0.272 e. The summed E-state index contributed by atoms with van der Waals surface area (Å²) in [5, 5.41) is 12.2. The number of pyridine rings is 1. The third-order valence-corrected chi connectivity index (χ3v) is 3.89. The van der Waals surface area contributed by atoms with Gasteiger partial charge in [0.2, 0.25) is 0 Å². The van der Waals surface area contributed by atoms with E-state index in [2.05, 4.69) is 17.2 Å². The topological polar surface area (TPSA) is 65.5 Å². The molecule has 0 aromatic carbocycles. The lowest BCUT2D eigenvalue weighted by Crippen LogP contribution is -2.36. The number of nitrogens with zero attached hydrogens (tertiary/aromatic N) is 2. The molecule has 0 bridgehead atoms. The zero-order valence-electron chi connectivity index (χ0n) is 12.7. The van der Waals surface area contributed by atoms with E-state index in [1.807, 2.05) is 17.0 Å². The molecule has 2 rings (SSSR count). The van der Waals surface area contributed by atoms with Gasteiger partial charge in [0.05, 0.1) is 0 Å². The van der Waals surface area contributed by atoms with Crippen LogP contribution in [0.4, 0.5) is 5.69 Å². The van der Waals surface area contributed by atoms with Crippen molar-refractivity contribution >= 4 is 11.6 Å². The van der Waals surface area contributed by atoms with E-state index >= 15 is 0 Å². The Balaban J connectivity index is 2.04. The quantitative estimate of drug-likeness (QED) is 0.809. The average Bonchev–Trinajstić information content (AvgIpc) is 2.98. The SMILES string of the molecule is CCCNc1ccnc(C(=O)N2CCCC2CCCO)c1. The van der Waals surface area contributed by atoms with Gasteiger partial charge in [-0.1, -0.05) is 6.92 Å². The van der Waals surface area contributed by atoms with Gasteiger partial charge in [-0.25, -0.2) is 0 Å². The van der Waals surface area contributed by atoms with Crippen molar-refractivity contribution in [3.8, 4) is 0 Å². The summed E-state index contributed by atoms with van der Waals surface area (Å²) in [5.41, 5.74) is 1.45. The van der Waals surface area contributed by atoms with Gasteiger partial charge < -0.3 is 15.3 Å². The molecular weight excluding hydrogens is 266 g/mol. The second-order valence-corrected chi connectivity index (χ2v) is 5.52. The van der Waals surface area contributed by atoms with E-state index in [0.29, 0.717) is 5.69 Å². The van der Waals surface area contributed by atoms with Gasteiger partial charge in [-0.2, -0.15) is 0 Å². The van der Waals surface area contributed by atoms with Crippen molar-refractivity contribution in [2.75, 3.05) is 25.0 Å². The number of aliphatic hydroxyl groups excluding tert-OH is 1. The van der Waals surface area contributed by atoms with Crippen LogP contribution in [-0.2, 0) is 0 Å². The zero-order valence-corrected chi connectivity index (χ0v) is 12.7. The van der Waals surface area contributed by atoms with Crippen molar-refractivity contribution in [2.24, 2.45) is 0 Å². The number of nitrogens with one attached hydrogen (secondary N) is 1. The number of likely N-dealkylation sites (tertiary alicyclic amines) is 1. The monoisotopic (exact) mass is 291 g/mol. The molecule has 0 spiro atoms. The van der Waals surface area contributed by atoms with E-state index in [0.717, 1.165) is 50.9 Å². The van der Waals surface area contributed by atoms with Crippen LogP contribution in [-0.4, -0.2) is 46.6 Å². The van der Waals surface area contributed by atoms with Crippen LogP contribution in [0.25, 0.3) is 0 Å². The maximum absolute atomic E-state index is 12.6. The van der Waals surface area contributed by atoms with Gasteiger partial charge in [0.1, 0.15) is 5.69 Å². The lowest BCUT2D eigenvalue weighted by molar-refractivity contribution is 0.0718. The average molecular weight is 291 g/mol. The van der Waals surface area contributed by atoms with Crippen molar-refractivity contribution in [2.45, 2.75) is 45.1 Å². The van der Waals surface area contributed by atoms with Crippen LogP contribution in [0.1, 0.15) is 49.5 Å². The molecule has 1 saturated heterocycles. The molecule has 1 fully saturated rings. The van der Waals surface area contributed by atoms with E-state index < -0.39 is 0 Å². The highest BCUT2D eigenvalue weighted by Gasteiger charge is 2.29. The summed E-state index contributed by atoms with van der Waals surface area (Å²) in [6.45, 7) is 3.98. The molecule has 1 aromatic rings. The molecule has 0 saturated carbocycles. The first-order valence-corrected chi connectivity index (χ1v) is 7.88. The molecule has 0 radical (unpaired) electrons.